The minimum Gasteiger partial charge on any atom is -0.324 e. The van der Waals surface area contributed by atoms with Crippen molar-refractivity contribution in [1.82, 2.24) is 19.3 Å². The molecule has 0 aliphatic carbocycles. The summed E-state index contributed by atoms with van der Waals surface area (Å²) in [7, 11) is -3.08. The number of rotatable bonds is 5. The maximum atomic E-state index is 12.8. The lowest BCUT2D eigenvalue weighted by Gasteiger charge is -2.11. The fraction of sp³-hybridized carbons (Fsp3) is 0.368. The van der Waals surface area contributed by atoms with Crippen molar-refractivity contribution < 1.29 is 13.2 Å². The number of carbonyl (C=O) groups excluding carboxylic acids is 1. The molecule has 0 spiro atoms. The normalized spacial score (nSPS) is 18.2. The predicted molar refractivity (Wildman–Crippen MR) is 109 cm³/mol. The summed E-state index contributed by atoms with van der Waals surface area (Å²) in [5, 5.41) is 7.28. The van der Waals surface area contributed by atoms with Crippen LogP contribution in [0, 0.1) is 0 Å². The maximum absolute atomic E-state index is 12.8. The molecule has 1 unspecified atom stereocenters. The summed E-state index contributed by atoms with van der Waals surface area (Å²) >= 11 is 0. The molecule has 2 aromatic heterocycles. The summed E-state index contributed by atoms with van der Waals surface area (Å²) in [6.07, 6.45) is 3.91. The van der Waals surface area contributed by atoms with Gasteiger partial charge in [-0.1, -0.05) is 25.1 Å². The van der Waals surface area contributed by atoms with Crippen molar-refractivity contribution in [2.45, 2.75) is 32.4 Å². The van der Waals surface area contributed by atoms with E-state index in [2.05, 4.69) is 15.4 Å². The number of sulfone groups is 1. The van der Waals surface area contributed by atoms with Crippen LogP contribution in [0.2, 0.25) is 0 Å². The minimum atomic E-state index is -3.08. The van der Waals surface area contributed by atoms with Gasteiger partial charge in [-0.3, -0.25) is 14.2 Å². The Labute approximate surface area is 167 Å². The number of anilines is 1. The van der Waals surface area contributed by atoms with E-state index in [1.165, 1.54) is 21.8 Å². The average molecular weight is 415 g/mol. The highest BCUT2D eigenvalue weighted by molar-refractivity contribution is 7.91. The van der Waals surface area contributed by atoms with Crippen LogP contribution in [0.3, 0.4) is 0 Å². The van der Waals surface area contributed by atoms with Crippen molar-refractivity contribution in [3.8, 4) is 0 Å². The molecule has 10 heteroatoms. The lowest BCUT2D eigenvalue weighted by molar-refractivity contribution is -0.116. The third-order valence-electron chi connectivity index (χ3n) is 5.12. The van der Waals surface area contributed by atoms with Crippen LogP contribution < -0.4 is 10.9 Å². The molecule has 1 N–H and O–H groups in total. The zero-order valence-electron chi connectivity index (χ0n) is 15.9. The first-order valence-corrected chi connectivity index (χ1v) is 11.2. The van der Waals surface area contributed by atoms with Gasteiger partial charge in [0.25, 0.3) is 5.56 Å². The number of hydrogen-bond donors (Lipinski definition) is 1. The molecule has 1 fully saturated rings. The van der Waals surface area contributed by atoms with Crippen molar-refractivity contribution in [1.29, 1.82) is 0 Å². The lowest BCUT2D eigenvalue weighted by atomic mass is 10.1. The van der Waals surface area contributed by atoms with Gasteiger partial charge in [0, 0.05) is 5.69 Å². The van der Waals surface area contributed by atoms with Crippen LogP contribution in [0.5, 0.6) is 0 Å². The van der Waals surface area contributed by atoms with Gasteiger partial charge in [-0.05, 0) is 24.5 Å². The summed E-state index contributed by atoms with van der Waals surface area (Å²) in [6.45, 7) is 1.82. The highest BCUT2D eigenvalue weighted by Crippen LogP contribution is 2.25. The second kappa shape index (κ2) is 7.43. The average Bonchev–Trinajstić information content (AvgIpc) is 3.27. The molecule has 1 saturated heterocycles. The van der Waals surface area contributed by atoms with Crippen LogP contribution in [-0.2, 0) is 27.6 Å². The van der Waals surface area contributed by atoms with Crippen LogP contribution in [0.15, 0.2) is 41.6 Å². The van der Waals surface area contributed by atoms with Crippen LogP contribution in [0.4, 0.5) is 5.69 Å². The monoisotopic (exact) mass is 415 g/mol. The van der Waals surface area contributed by atoms with E-state index in [9.17, 15) is 18.0 Å². The highest BCUT2D eigenvalue weighted by Gasteiger charge is 2.31. The molecule has 3 heterocycles. The SMILES string of the molecule is CCc1ccccc1NC(=O)Cn1cnc2c(cnn2C2CCS(=O)(=O)C2)c1=O. The molecular formula is C19H21N5O4S. The van der Waals surface area contributed by atoms with Gasteiger partial charge < -0.3 is 5.32 Å². The molecular weight excluding hydrogens is 394 g/mol. The van der Waals surface area contributed by atoms with E-state index < -0.39 is 9.84 Å². The summed E-state index contributed by atoms with van der Waals surface area (Å²) in [6, 6.07) is 7.18. The molecule has 0 radical (unpaired) electrons. The molecule has 0 saturated carbocycles. The molecule has 29 heavy (non-hydrogen) atoms. The Morgan fingerprint density at radius 3 is 2.83 bits per heavy atom. The van der Waals surface area contributed by atoms with Gasteiger partial charge in [-0.2, -0.15) is 5.10 Å². The second-order valence-electron chi connectivity index (χ2n) is 7.12. The number of fused-ring (bicyclic) bond motifs is 1. The molecule has 152 valence electrons. The molecule has 4 rings (SSSR count). The number of carbonyl (C=O) groups is 1. The summed E-state index contributed by atoms with van der Waals surface area (Å²) in [4.78, 5) is 29.5. The Hall–Kier alpha value is -3.01. The summed E-state index contributed by atoms with van der Waals surface area (Å²) in [5.41, 5.74) is 1.68. The number of aromatic nitrogens is 4. The fourth-order valence-corrected chi connectivity index (χ4v) is 5.30. The third-order valence-corrected chi connectivity index (χ3v) is 6.87. The Morgan fingerprint density at radius 2 is 2.10 bits per heavy atom. The second-order valence-corrected chi connectivity index (χ2v) is 9.35. The molecule has 3 aromatic rings. The van der Waals surface area contributed by atoms with Gasteiger partial charge in [0.1, 0.15) is 18.3 Å². The zero-order valence-corrected chi connectivity index (χ0v) is 16.7. The van der Waals surface area contributed by atoms with Crippen molar-refractivity contribution >= 4 is 32.5 Å². The van der Waals surface area contributed by atoms with Gasteiger partial charge in [0.15, 0.2) is 15.5 Å². The van der Waals surface area contributed by atoms with E-state index >= 15 is 0 Å². The van der Waals surface area contributed by atoms with Crippen molar-refractivity contribution in [3.63, 3.8) is 0 Å². The first-order valence-electron chi connectivity index (χ1n) is 9.39. The Bertz CT molecular complexity index is 1240. The Balaban J connectivity index is 1.57. The molecule has 1 aliphatic rings. The van der Waals surface area contributed by atoms with Crippen LogP contribution in [-0.4, -0.2) is 45.2 Å². The number of amides is 1. The van der Waals surface area contributed by atoms with E-state index in [0.717, 1.165) is 17.7 Å². The lowest BCUT2D eigenvalue weighted by Crippen LogP contribution is -2.28. The van der Waals surface area contributed by atoms with Crippen molar-refractivity contribution in [2.24, 2.45) is 0 Å². The van der Waals surface area contributed by atoms with Crippen LogP contribution >= 0.6 is 0 Å². The van der Waals surface area contributed by atoms with E-state index in [1.54, 1.807) is 0 Å². The van der Waals surface area contributed by atoms with Crippen LogP contribution in [0.1, 0.15) is 24.9 Å². The zero-order chi connectivity index (χ0) is 20.6. The van der Waals surface area contributed by atoms with Gasteiger partial charge in [0.2, 0.25) is 5.91 Å². The van der Waals surface area contributed by atoms with Crippen molar-refractivity contribution in [2.75, 3.05) is 16.8 Å². The first kappa shape index (κ1) is 19.3. The maximum Gasteiger partial charge on any atom is 0.264 e. The first-order chi connectivity index (χ1) is 13.9. The Kier molecular flexibility index (Phi) is 4.95. The quantitative estimate of drug-likeness (QED) is 0.668. The Morgan fingerprint density at radius 1 is 1.31 bits per heavy atom. The molecule has 1 amide bonds. The number of para-hydroxylation sites is 1. The van der Waals surface area contributed by atoms with Gasteiger partial charge in [-0.15, -0.1) is 0 Å². The number of nitrogens with zero attached hydrogens (tertiary/aromatic N) is 4. The summed E-state index contributed by atoms with van der Waals surface area (Å²) < 4.78 is 26.2. The van der Waals surface area contributed by atoms with Gasteiger partial charge >= 0.3 is 0 Å². The summed E-state index contributed by atoms with van der Waals surface area (Å²) in [5.74, 6) is -0.230. The molecule has 1 aliphatic heterocycles. The standard InChI is InChI=1S/C19H21N5O4S/c1-2-13-5-3-4-6-16(13)22-17(25)10-23-12-20-18-15(19(23)26)9-21-24(18)14-7-8-29(27,28)11-14/h3-6,9,12,14H,2,7-8,10-11H2,1H3,(H,22,25). The minimum absolute atomic E-state index is 0.00616. The molecule has 0 bridgehead atoms. The number of hydrogen-bond acceptors (Lipinski definition) is 6. The molecule has 1 atom stereocenters. The largest absolute Gasteiger partial charge is 0.324 e. The van der Waals surface area contributed by atoms with E-state index in [4.69, 9.17) is 0 Å². The highest BCUT2D eigenvalue weighted by atomic mass is 32.2. The van der Waals surface area contributed by atoms with Gasteiger partial charge in [-0.25, -0.2) is 18.1 Å². The molecule has 1 aromatic carbocycles. The van der Waals surface area contributed by atoms with E-state index in [0.29, 0.717) is 12.1 Å². The number of benzene rings is 1. The van der Waals surface area contributed by atoms with E-state index in [-0.39, 0.29) is 40.9 Å². The van der Waals surface area contributed by atoms with Crippen LogP contribution in [0.25, 0.3) is 11.0 Å². The predicted octanol–water partition coefficient (Wildman–Crippen LogP) is 1.15. The molecule has 9 nitrogen and oxygen atoms in total. The third kappa shape index (κ3) is 3.80. The van der Waals surface area contributed by atoms with Gasteiger partial charge in [0.05, 0.1) is 23.7 Å². The smallest absolute Gasteiger partial charge is 0.264 e. The number of nitrogens with one attached hydrogen (secondary N) is 1. The topological polar surface area (TPSA) is 116 Å². The number of aryl methyl sites for hydroxylation is 1. The fourth-order valence-electron chi connectivity index (χ4n) is 3.61. The van der Waals surface area contributed by atoms with Crippen molar-refractivity contribution in [3.05, 3.63) is 52.7 Å². The van der Waals surface area contributed by atoms with E-state index in [1.807, 2.05) is 31.2 Å².